The number of ether oxygens (including phenoxy) is 1. The fourth-order valence-electron chi connectivity index (χ4n) is 3.04. The number of hydrogen-bond acceptors (Lipinski definition) is 5. The predicted octanol–water partition coefficient (Wildman–Crippen LogP) is 3.17. The number of benzene rings is 1. The summed E-state index contributed by atoms with van der Waals surface area (Å²) in [4.78, 5) is 4.89. The molecule has 1 fully saturated rings. The number of rotatable bonds is 7. The van der Waals surface area contributed by atoms with Crippen molar-refractivity contribution in [2.45, 2.75) is 13.8 Å². The molecule has 0 saturated carbocycles. The van der Waals surface area contributed by atoms with Gasteiger partial charge >= 0.3 is 0 Å². The molecule has 3 N–H and O–H groups in total. The van der Waals surface area contributed by atoms with Crippen molar-refractivity contribution >= 4 is 17.1 Å². The average Bonchev–Trinajstić information content (AvgIpc) is 2.55. The predicted molar refractivity (Wildman–Crippen MR) is 104 cm³/mol. The highest BCUT2D eigenvalue weighted by molar-refractivity contribution is 5.80. The molecule has 5 nitrogen and oxygen atoms in total. The second kappa shape index (κ2) is 8.11. The van der Waals surface area contributed by atoms with Crippen molar-refractivity contribution in [1.82, 2.24) is 4.90 Å². The van der Waals surface area contributed by atoms with Crippen LogP contribution in [0.4, 0.5) is 17.1 Å². The van der Waals surface area contributed by atoms with E-state index in [0.717, 1.165) is 49.8 Å². The number of allylic oxidation sites excluding steroid dienone is 1. The first-order valence-electron chi connectivity index (χ1n) is 8.47. The first kappa shape index (κ1) is 18.2. The van der Waals surface area contributed by atoms with E-state index in [1.165, 1.54) is 0 Å². The normalized spacial score (nSPS) is 15.4. The summed E-state index contributed by atoms with van der Waals surface area (Å²) in [6, 6.07) is 3.91. The lowest BCUT2D eigenvalue weighted by Gasteiger charge is -2.38. The van der Waals surface area contributed by atoms with Crippen molar-refractivity contribution in [2.75, 3.05) is 55.8 Å². The molecule has 0 amide bonds. The Morgan fingerprint density at radius 3 is 2.54 bits per heavy atom. The van der Waals surface area contributed by atoms with Crippen molar-refractivity contribution in [3.63, 3.8) is 0 Å². The van der Waals surface area contributed by atoms with Crippen LogP contribution in [0.15, 0.2) is 37.1 Å². The number of nitrogens with one attached hydrogen (secondary N) is 1. The molecule has 1 heterocycles. The number of anilines is 3. The number of hydrogen-bond donors (Lipinski definition) is 2. The van der Waals surface area contributed by atoms with Gasteiger partial charge in [0.05, 0.1) is 24.2 Å². The molecule has 0 atom stereocenters. The van der Waals surface area contributed by atoms with Crippen LogP contribution < -0.4 is 20.7 Å². The Bertz CT molecular complexity index is 589. The lowest BCUT2D eigenvalue weighted by atomic mass is 10.1. The Morgan fingerprint density at radius 2 is 2.00 bits per heavy atom. The van der Waals surface area contributed by atoms with Crippen LogP contribution in [0.3, 0.4) is 0 Å². The molecule has 5 heteroatoms. The van der Waals surface area contributed by atoms with Crippen LogP contribution in [-0.4, -0.2) is 44.7 Å². The second-order valence-corrected chi connectivity index (χ2v) is 6.65. The van der Waals surface area contributed by atoms with Crippen molar-refractivity contribution in [3.8, 4) is 5.75 Å². The van der Waals surface area contributed by atoms with Crippen LogP contribution in [0.5, 0.6) is 5.75 Å². The molecule has 0 aromatic heterocycles. The van der Waals surface area contributed by atoms with Crippen LogP contribution in [0.1, 0.15) is 13.8 Å². The van der Waals surface area contributed by atoms with Gasteiger partial charge in [-0.2, -0.15) is 0 Å². The molecule has 0 aliphatic carbocycles. The zero-order chi connectivity index (χ0) is 17.7. The monoisotopic (exact) mass is 330 g/mol. The van der Waals surface area contributed by atoms with Crippen LogP contribution >= 0.6 is 0 Å². The van der Waals surface area contributed by atoms with E-state index < -0.39 is 0 Å². The van der Waals surface area contributed by atoms with E-state index in [2.05, 4.69) is 42.1 Å². The number of methoxy groups -OCH3 is 1. The maximum Gasteiger partial charge on any atom is 0.143 e. The third-order valence-corrected chi connectivity index (χ3v) is 4.23. The zero-order valence-corrected chi connectivity index (χ0v) is 15.1. The SMILES string of the molecule is C=CC(=C)Nc1cc(N)c(OC)cc1N1CCN(CC(C)C)CC1. The minimum atomic E-state index is 0.610. The van der Waals surface area contributed by atoms with Crippen molar-refractivity contribution in [2.24, 2.45) is 5.92 Å². The van der Waals surface area contributed by atoms with Crippen LogP contribution in [-0.2, 0) is 0 Å². The standard InChI is InChI=1S/C19H30N4O/c1-6-15(4)21-17-11-16(20)19(24-5)12-18(17)23-9-7-22(8-10-23)13-14(2)3/h6,11-12,14,21H,1,4,7-10,13,20H2,2-3,5H3. The molecule has 132 valence electrons. The van der Waals surface area contributed by atoms with Gasteiger partial charge in [0, 0.05) is 44.5 Å². The molecule has 0 spiro atoms. The van der Waals surface area contributed by atoms with Crippen molar-refractivity contribution in [1.29, 1.82) is 0 Å². The molecule has 1 aromatic rings. The second-order valence-electron chi connectivity index (χ2n) is 6.65. The summed E-state index contributed by atoms with van der Waals surface area (Å²) in [5.74, 6) is 1.39. The van der Waals surface area contributed by atoms with E-state index in [1.807, 2.05) is 12.1 Å². The van der Waals surface area contributed by atoms with E-state index in [9.17, 15) is 0 Å². The topological polar surface area (TPSA) is 53.8 Å². The highest BCUT2D eigenvalue weighted by atomic mass is 16.5. The summed E-state index contributed by atoms with van der Waals surface area (Å²) in [6.45, 7) is 17.5. The lowest BCUT2D eigenvalue weighted by molar-refractivity contribution is 0.231. The Morgan fingerprint density at radius 1 is 1.33 bits per heavy atom. The quantitative estimate of drug-likeness (QED) is 0.594. The zero-order valence-electron chi connectivity index (χ0n) is 15.1. The van der Waals surface area contributed by atoms with Crippen LogP contribution in [0.25, 0.3) is 0 Å². The van der Waals surface area contributed by atoms with Gasteiger partial charge in [0.25, 0.3) is 0 Å². The maximum atomic E-state index is 6.08. The summed E-state index contributed by atoms with van der Waals surface area (Å²) in [5, 5.41) is 3.29. The Labute approximate surface area is 145 Å². The van der Waals surface area contributed by atoms with Gasteiger partial charge in [0.1, 0.15) is 5.75 Å². The molecule has 2 rings (SSSR count). The summed E-state index contributed by atoms with van der Waals surface area (Å²) < 4.78 is 5.40. The van der Waals surface area contributed by atoms with Gasteiger partial charge in [-0.25, -0.2) is 0 Å². The summed E-state index contributed by atoms with van der Waals surface area (Å²) >= 11 is 0. The fraction of sp³-hybridized carbons (Fsp3) is 0.474. The highest BCUT2D eigenvalue weighted by Gasteiger charge is 2.21. The number of nitrogen functional groups attached to an aromatic ring is 1. The molecule has 1 aliphatic rings. The maximum absolute atomic E-state index is 6.08. The average molecular weight is 330 g/mol. The van der Waals surface area contributed by atoms with Crippen molar-refractivity contribution < 1.29 is 4.74 Å². The highest BCUT2D eigenvalue weighted by Crippen LogP contribution is 2.36. The van der Waals surface area contributed by atoms with Gasteiger partial charge in [-0.05, 0) is 18.1 Å². The molecular formula is C19H30N4O. The van der Waals surface area contributed by atoms with Gasteiger partial charge in [-0.1, -0.05) is 27.0 Å². The summed E-state index contributed by atoms with van der Waals surface area (Å²) in [5.41, 5.74) is 9.47. The molecule has 1 aliphatic heterocycles. The van der Waals surface area contributed by atoms with E-state index in [4.69, 9.17) is 10.5 Å². The molecule has 0 bridgehead atoms. The van der Waals surface area contributed by atoms with Gasteiger partial charge in [-0.15, -0.1) is 0 Å². The molecule has 0 unspecified atom stereocenters. The van der Waals surface area contributed by atoms with E-state index in [0.29, 0.717) is 17.4 Å². The van der Waals surface area contributed by atoms with Crippen LogP contribution in [0, 0.1) is 5.92 Å². The number of piperazine rings is 1. The van der Waals surface area contributed by atoms with Gasteiger partial charge in [-0.3, -0.25) is 4.90 Å². The Hall–Kier alpha value is -2.14. The smallest absolute Gasteiger partial charge is 0.143 e. The molecular weight excluding hydrogens is 300 g/mol. The van der Waals surface area contributed by atoms with Gasteiger partial charge in [0.2, 0.25) is 0 Å². The van der Waals surface area contributed by atoms with E-state index in [1.54, 1.807) is 13.2 Å². The fourth-order valence-corrected chi connectivity index (χ4v) is 3.04. The third kappa shape index (κ3) is 4.45. The summed E-state index contributed by atoms with van der Waals surface area (Å²) in [6.07, 6.45) is 1.70. The first-order chi connectivity index (χ1) is 11.4. The Kier molecular flexibility index (Phi) is 6.15. The minimum absolute atomic E-state index is 0.610. The van der Waals surface area contributed by atoms with Gasteiger partial charge in [0.15, 0.2) is 0 Å². The number of nitrogens with two attached hydrogens (primary N) is 1. The number of nitrogens with zero attached hydrogens (tertiary/aromatic N) is 2. The van der Waals surface area contributed by atoms with Gasteiger partial charge < -0.3 is 20.7 Å². The van der Waals surface area contributed by atoms with Crippen molar-refractivity contribution in [3.05, 3.63) is 37.1 Å². The minimum Gasteiger partial charge on any atom is -0.495 e. The largest absolute Gasteiger partial charge is 0.495 e. The first-order valence-corrected chi connectivity index (χ1v) is 8.47. The van der Waals surface area contributed by atoms with E-state index in [-0.39, 0.29) is 0 Å². The summed E-state index contributed by atoms with van der Waals surface area (Å²) in [7, 11) is 1.64. The molecule has 1 saturated heterocycles. The molecule has 0 radical (unpaired) electrons. The lowest BCUT2D eigenvalue weighted by Crippen LogP contribution is -2.47. The molecule has 24 heavy (non-hydrogen) atoms. The van der Waals surface area contributed by atoms with E-state index >= 15 is 0 Å². The van der Waals surface area contributed by atoms with Crippen LogP contribution in [0.2, 0.25) is 0 Å². The third-order valence-electron chi connectivity index (χ3n) is 4.23. The Balaban J connectivity index is 2.21. The molecule has 1 aromatic carbocycles.